The van der Waals surface area contributed by atoms with Gasteiger partial charge in [0.05, 0.1) is 13.2 Å². The molecule has 0 radical (unpaired) electrons. The van der Waals surface area contributed by atoms with E-state index in [2.05, 4.69) is 20.8 Å². The predicted molar refractivity (Wildman–Crippen MR) is 81.3 cm³/mol. The summed E-state index contributed by atoms with van der Waals surface area (Å²) in [6.45, 7) is 1.20. The molecule has 1 amide bonds. The summed E-state index contributed by atoms with van der Waals surface area (Å²) in [5, 5.41) is 14.6. The molecule has 8 heteroatoms. The minimum Gasteiger partial charge on any atom is -0.376 e. The Morgan fingerprint density at radius 3 is 2.92 bits per heavy atom. The van der Waals surface area contributed by atoms with Gasteiger partial charge in [-0.05, 0) is 29.3 Å². The van der Waals surface area contributed by atoms with Gasteiger partial charge in [-0.2, -0.15) is 0 Å². The number of carbonyl (C=O) groups excluding carboxylic acids is 1. The third-order valence-corrected chi connectivity index (χ3v) is 4.83. The van der Waals surface area contributed by atoms with Crippen LogP contribution in [0.4, 0.5) is 4.39 Å². The fourth-order valence-electron chi connectivity index (χ4n) is 3.35. The van der Waals surface area contributed by atoms with E-state index in [9.17, 15) is 9.18 Å². The van der Waals surface area contributed by atoms with Crippen molar-refractivity contribution in [3.8, 4) is 0 Å². The van der Waals surface area contributed by atoms with Crippen LogP contribution in [0.5, 0.6) is 0 Å². The molecular formula is C16H18FN5O2. The van der Waals surface area contributed by atoms with E-state index in [0.29, 0.717) is 44.6 Å². The van der Waals surface area contributed by atoms with Gasteiger partial charge in [0.1, 0.15) is 11.4 Å². The standard InChI is InChI=1S/C16H18FN5O2/c17-13-4-2-1-3-12(13)16(9-24-10-16)18-15(23)11-5-6-14-19-20-21-22(14)8-7-11/h1-4,11H,5-10H2,(H,18,23). The van der Waals surface area contributed by atoms with E-state index in [1.165, 1.54) is 6.07 Å². The van der Waals surface area contributed by atoms with Crippen LogP contribution < -0.4 is 5.32 Å². The molecule has 4 rings (SSSR count). The van der Waals surface area contributed by atoms with Crippen molar-refractivity contribution in [2.75, 3.05) is 13.2 Å². The highest BCUT2D eigenvalue weighted by molar-refractivity contribution is 5.80. The number of fused-ring (bicyclic) bond motifs is 1. The molecule has 0 saturated carbocycles. The van der Waals surface area contributed by atoms with Crippen LogP contribution in [-0.2, 0) is 28.0 Å². The normalized spacial score (nSPS) is 22.1. The smallest absolute Gasteiger partial charge is 0.224 e. The van der Waals surface area contributed by atoms with Gasteiger partial charge < -0.3 is 10.1 Å². The molecule has 0 bridgehead atoms. The Morgan fingerprint density at radius 1 is 1.33 bits per heavy atom. The quantitative estimate of drug-likeness (QED) is 0.900. The van der Waals surface area contributed by atoms with Crippen molar-refractivity contribution in [1.29, 1.82) is 0 Å². The number of hydrogen-bond acceptors (Lipinski definition) is 5. The van der Waals surface area contributed by atoms with Gasteiger partial charge in [0.25, 0.3) is 0 Å². The van der Waals surface area contributed by atoms with Crippen LogP contribution in [0.3, 0.4) is 0 Å². The van der Waals surface area contributed by atoms with Gasteiger partial charge in [-0.15, -0.1) is 5.10 Å². The Hall–Kier alpha value is -2.35. The summed E-state index contributed by atoms with van der Waals surface area (Å²) in [4.78, 5) is 12.8. The summed E-state index contributed by atoms with van der Waals surface area (Å²) in [6, 6.07) is 6.52. The summed E-state index contributed by atoms with van der Waals surface area (Å²) in [7, 11) is 0. The minimum absolute atomic E-state index is 0.0692. The molecule has 2 aromatic rings. The first kappa shape index (κ1) is 15.2. The molecular weight excluding hydrogens is 313 g/mol. The fourth-order valence-corrected chi connectivity index (χ4v) is 3.35. The lowest BCUT2D eigenvalue weighted by atomic mass is 9.86. The van der Waals surface area contributed by atoms with Crippen LogP contribution in [0.25, 0.3) is 0 Å². The van der Waals surface area contributed by atoms with Gasteiger partial charge in [-0.25, -0.2) is 9.07 Å². The van der Waals surface area contributed by atoms with Crippen LogP contribution in [0.15, 0.2) is 24.3 Å². The third-order valence-electron chi connectivity index (χ3n) is 4.83. The number of tetrazole rings is 1. The average molecular weight is 331 g/mol. The molecule has 1 aromatic heterocycles. The van der Waals surface area contributed by atoms with Gasteiger partial charge in [0, 0.05) is 24.4 Å². The van der Waals surface area contributed by atoms with Crippen molar-refractivity contribution in [3.63, 3.8) is 0 Å². The first-order valence-electron chi connectivity index (χ1n) is 8.08. The first-order chi connectivity index (χ1) is 11.7. The highest BCUT2D eigenvalue weighted by atomic mass is 19.1. The molecule has 126 valence electrons. The molecule has 1 saturated heterocycles. The average Bonchev–Trinajstić information content (AvgIpc) is 2.90. The lowest BCUT2D eigenvalue weighted by Crippen LogP contribution is -2.60. The molecule has 24 heavy (non-hydrogen) atoms. The molecule has 3 heterocycles. The molecule has 1 N–H and O–H groups in total. The summed E-state index contributed by atoms with van der Waals surface area (Å²) < 4.78 is 21.2. The predicted octanol–water partition coefficient (Wildman–Crippen LogP) is 0.807. The van der Waals surface area contributed by atoms with Crippen molar-refractivity contribution in [2.24, 2.45) is 5.92 Å². The largest absolute Gasteiger partial charge is 0.376 e. The summed E-state index contributed by atoms with van der Waals surface area (Å²) in [5.74, 6) is 0.261. The second-order valence-corrected chi connectivity index (χ2v) is 6.39. The molecule has 0 aliphatic carbocycles. The zero-order chi connectivity index (χ0) is 16.6. The number of aryl methyl sites for hydroxylation is 2. The Balaban J connectivity index is 1.49. The lowest BCUT2D eigenvalue weighted by molar-refractivity contribution is -0.138. The van der Waals surface area contributed by atoms with E-state index in [4.69, 9.17) is 4.74 Å². The summed E-state index contributed by atoms with van der Waals surface area (Å²) >= 11 is 0. The van der Waals surface area contributed by atoms with Crippen molar-refractivity contribution < 1.29 is 13.9 Å². The number of nitrogens with one attached hydrogen (secondary N) is 1. The SMILES string of the molecule is O=C(NC1(c2ccccc2F)COC1)C1CCc2nnnn2CC1. The van der Waals surface area contributed by atoms with Crippen LogP contribution in [0, 0.1) is 11.7 Å². The zero-order valence-corrected chi connectivity index (χ0v) is 13.1. The van der Waals surface area contributed by atoms with Gasteiger partial charge in [0.15, 0.2) is 5.82 Å². The van der Waals surface area contributed by atoms with Gasteiger partial charge >= 0.3 is 0 Å². The number of rotatable bonds is 3. The molecule has 7 nitrogen and oxygen atoms in total. The Labute approximate surface area is 138 Å². The fraction of sp³-hybridized carbons (Fsp3) is 0.500. The Bertz CT molecular complexity index is 736. The number of amides is 1. The number of aromatic nitrogens is 4. The molecule has 0 spiro atoms. The van der Waals surface area contributed by atoms with Crippen LogP contribution in [-0.4, -0.2) is 39.3 Å². The Morgan fingerprint density at radius 2 is 2.17 bits per heavy atom. The number of nitrogens with zero attached hydrogens (tertiary/aromatic N) is 4. The number of hydrogen-bond donors (Lipinski definition) is 1. The monoisotopic (exact) mass is 331 g/mol. The summed E-state index contributed by atoms with van der Waals surface area (Å²) in [5.41, 5.74) is -0.278. The number of ether oxygens (including phenoxy) is 1. The summed E-state index contributed by atoms with van der Waals surface area (Å²) in [6.07, 6.45) is 2.01. The molecule has 1 aromatic carbocycles. The van der Waals surface area contributed by atoms with Crippen LogP contribution >= 0.6 is 0 Å². The molecule has 1 unspecified atom stereocenters. The zero-order valence-electron chi connectivity index (χ0n) is 13.1. The number of carbonyl (C=O) groups is 1. The number of benzene rings is 1. The first-order valence-corrected chi connectivity index (χ1v) is 8.08. The van der Waals surface area contributed by atoms with Crippen molar-refractivity contribution in [3.05, 3.63) is 41.5 Å². The highest BCUT2D eigenvalue weighted by Crippen LogP contribution is 2.32. The topological polar surface area (TPSA) is 81.9 Å². The second-order valence-electron chi connectivity index (χ2n) is 6.39. The maximum Gasteiger partial charge on any atom is 0.224 e. The second kappa shape index (κ2) is 5.94. The van der Waals surface area contributed by atoms with E-state index in [1.807, 2.05) is 0 Å². The maximum absolute atomic E-state index is 14.2. The van der Waals surface area contributed by atoms with Gasteiger partial charge in [0.2, 0.25) is 5.91 Å². The van der Waals surface area contributed by atoms with E-state index in [0.717, 1.165) is 5.82 Å². The van der Waals surface area contributed by atoms with E-state index < -0.39 is 5.54 Å². The maximum atomic E-state index is 14.2. The molecule has 1 atom stereocenters. The minimum atomic E-state index is -0.762. The van der Waals surface area contributed by atoms with Crippen molar-refractivity contribution in [1.82, 2.24) is 25.5 Å². The molecule has 2 aliphatic rings. The molecule has 1 fully saturated rings. The van der Waals surface area contributed by atoms with Crippen LogP contribution in [0.2, 0.25) is 0 Å². The third kappa shape index (κ3) is 2.56. The molecule has 2 aliphatic heterocycles. The van der Waals surface area contributed by atoms with Crippen LogP contribution in [0.1, 0.15) is 24.2 Å². The van der Waals surface area contributed by atoms with Crippen molar-refractivity contribution in [2.45, 2.75) is 31.3 Å². The highest BCUT2D eigenvalue weighted by Gasteiger charge is 2.44. The van der Waals surface area contributed by atoms with E-state index in [1.54, 1.807) is 22.9 Å². The van der Waals surface area contributed by atoms with Gasteiger partial charge in [-0.1, -0.05) is 18.2 Å². The van der Waals surface area contributed by atoms with Crippen molar-refractivity contribution >= 4 is 5.91 Å². The number of halogens is 1. The lowest BCUT2D eigenvalue weighted by Gasteiger charge is -2.43. The Kier molecular flexibility index (Phi) is 3.76. The van der Waals surface area contributed by atoms with Gasteiger partial charge in [-0.3, -0.25) is 4.79 Å². The van der Waals surface area contributed by atoms with E-state index in [-0.39, 0.29) is 17.6 Å². The van der Waals surface area contributed by atoms with E-state index >= 15 is 0 Å².